The Morgan fingerprint density at radius 1 is 1.17 bits per heavy atom. The Morgan fingerprint density at radius 3 is 2.17 bits per heavy atom. The Morgan fingerprint density at radius 2 is 1.72 bits per heavy atom. The van der Waals surface area contributed by atoms with E-state index in [0.717, 1.165) is 0 Å². The number of esters is 1. The van der Waals surface area contributed by atoms with Crippen LogP contribution in [-0.2, 0) is 19.1 Å². The molecule has 0 spiro atoms. The summed E-state index contributed by atoms with van der Waals surface area (Å²) < 4.78 is 9.91. The third-order valence-corrected chi connectivity index (χ3v) is 1.79. The van der Waals surface area contributed by atoms with Crippen LogP contribution in [0.15, 0.2) is 0 Å². The number of hydrogen-bond acceptors (Lipinski definition) is 5. The molecule has 0 aliphatic rings. The summed E-state index contributed by atoms with van der Waals surface area (Å²) in [6.45, 7) is 6.89. The van der Waals surface area contributed by atoms with Crippen molar-refractivity contribution in [3.63, 3.8) is 0 Å². The second kappa shape index (κ2) is 6.98. The van der Waals surface area contributed by atoms with Crippen LogP contribution in [0, 0.1) is 0 Å². The molecule has 104 valence electrons. The quantitative estimate of drug-likeness (QED) is 0.551. The monoisotopic (exact) mass is 259 g/mol. The number of carbonyl (C=O) groups is 3. The van der Waals surface area contributed by atoms with Gasteiger partial charge in [0.25, 0.3) is 0 Å². The van der Waals surface area contributed by atoms with Gasteiger partial charge >= 0.3 is 12.1 Å². The molecule has 0 saturated carbocycles. The first-order valence-electron chi connectivity index (χ1n) is 5.71. The number of amides is 1. The maximum atomic E-state index is 11.5. The first-order chi connectivity index (χ1) is 8.11. The van der Waals surface area contributed by atoms with Gasteiger partial charge in [0.1, 0.15) is 24.4 Å². The van der Waals surface area contributed by atoms with E-state index in [2.05, 4.69) is 0 Å². The van der Waals surface area contributed by atoms with Crippen molar-refractivity contribution in [3.8, 4) is 0 Å². The summed E-state index contributed by atoms with van der Waals surface area (Å²) in [5.41, 5.74) is -0.559. The molecule has 0 N–H and O–H groups in total. The third-order valence-electron chi connectivity index (χ3n) is 1.79. The van der Waals surface area contributed by atoms with E-state index in [-0.39, 0.29) is 25.4 Å². The lowest BCUT2D eigenvalue weighted by molar-refractivity contribution is -0.146. The van der Waals surface area contributed by atoms with Crippen LogP contribution in [0.2, 0.25) is 0 Å². The summed E-state index contributed by atoms with van der Waals surface area (Å²) in [4.78, 5) is 34.5. The van der Waals surface area contributed by atoms with E-state index in [1.54, 1.807) is 27.8 Å². The SMILES string of the molecule is CC(=O)CC(=O)OCCN(C)C(=O)OC(C)(C)C. The normalized spacial score (nSPS) is 10.7. The van der Waals surface area contributed by atoms with Crippen LogP contribution in [0.3, 0.4) is 0 Å². The van der Waals surface area contributed by atoms with E-state index in [1.165, 1.54) is 11.8 Å². The molecule has 1 amide bonds. The molecule has 6 nitrogen and oxygen atoms in total. The van der Waals surface area contributed by atoms with Crippen molar-refractivity contribution in [2.45, 2.75) is 39.7 Å². The summed E-state index contributed by atoms with van der Waals surface area (Å²) in [6.07, 6.45) is -0.721. The fourth-order valence-electron chi connectivity index (χ4n) is 0.982. The lowest BCUT2D eigenvalue weighted by atomic mass is 10.2. The van der Waals surface area contributed by atoms with Gasteiger partial charge in [0.2, 0.25) is 0 Å². The van der Waals surface area contributed by atoms with Gasteiger partial charge in [-0.2, -0.15) is 0 Å². The van der Waals surface area contributed by atoms with Gasteiger partial charge in [-0.25, -0.2) is 4.79 Å². The smallest absolute Gasteiger partial charge is 0.410 e. The van der Waals surface area contributed by atoms with E-state index in [9.17, 15) is 14.4 Å². The maximum absolute atomic E-state index is 11.5. The summed E-state index contributed by atoms with van der Waals surface area (Å²) in [7, 11) is 1.55. The van der Waals surface area contributed by atoms with E-state index in [0.29, 0.717) is 0 Å². The molecule has 0 fully saturated rings. The molecule has 6 heteroatoms. The molecule has 0 aromatic carbocycles. The first kappa shape index (κ1) is 16.4. The molecule has 0 atom stereocenters. The summed E-state index contributed by atoms with van der Waals surface area (Å²) in [6, 6.07) is 0. The van der Waals surface area contributed by atoms with E-state index >= 15 is 0 Å². The van der Waals surface area contributed by atoms with Gasteiger partial charge in [-0.15, -0.1) is 0 Å². The number of carbonyl (C=O) groups excluding carboxylic acids is 3. The summed E-state index contributed by atoms with van der Waals surface area (Å²) in [5.74, 6) is -0.833. The number of Topliss-reactive ketones (excluding diaryl/α,β-unsaturated/α-hetero) is 1. The molecular weight excluding hydrogens is 238 g/mol. The van der Waals surface area contributed by atoms with Gasteiger partial charge < -0.3 is 14.4 Å². The average Bonchev–Trinajstić information content (AvgIpc) is 2.13. The minimum atomic E-state index is -0.583. The van der Waals surface area contributed by atoms with Crippen LogP contribution in [0.4, 0.5) is 4.79 Å². The number of hydrogen-bond donors (Lipinski definition) is 0. The Balaban J connectivity index is 3.90. The molecule has 0 radical (unpaired) electrons. The topological polar surface area (TPSA) is 72.9 Å². The number of rotatable bonds is 5. The van der Waals surface area contributed by atoms with Crippen LogP contribution >= 0.6 is 0 Å². The van der Waals surface area contributed by atoms with Crippen molar-refractivity contribution in [3.05, 3.63) is 0 Å². The van der Waals surface area contributed by atoms with Crippen LogP contribution in [-0.4, -0.2) is 48.5 Å². The van der Waals surface area contributed by atoms with E-state index < -0.39 is 17.7 Å². The molecule has 0 rings (SSSR count). The molecular formula is C12H21NO5. The lowest BCUT2D eigenvalue weighted by Crippen LogP contribution is -2.36. The molecule has 18 heavy (non-hydrogen) atoms. The fraction of sp³-hybridized carbons (Fsp3) is 0.750. The lowest BCUT2D eigenvalue weighted by Gasteiger charge is -2.24. The summed E-state index contributed by atoms with van der Waals surface area (Å²) >= 11 is 0. The molecule has 0 heterocycles. The van der Waals surface area contributed by atoms with Crippen molar-refractivity contribution < 1.29 is 23.9 Å². The van der Waals surface area contributed by atoms with Gasteiger partial charge in [0.05, 0.1) is 6.54 Å². The Labute approximate surface area is 107 Å². The zero-order valence-corrected chi connectivity index (χ0v) is 11.6. The minimum absolute atomic E-state index is 0.0435. The van der Waals surface area contributed by atoms with Gasteiger partial charge in [0.15, 0.2) is 0 Å². The van der Waals surface area contributed by atoms with Crippen LogP contribution in [0.1, 0.15) is 34.1 Å². The van der Waals surface area contributed by atoms with Crippen LogP contribution < -0.4 is 0 Å². The number of likely N-dealkylation sites (N-methyl/N-ethyl adjacent to an activating group) is 1. The standard InChI is InChI=1S/C12H21NO5/c1-9(14)8-10(15)17-7-6-13(5)11(16)18-12(2,3)4/h6-8H2,1-5H3. The van der Waals surface area contributed by atoms with E-state index in [4.69, 9.17) is 9.47 Å². The number of ether oxygens (including phenoxy) is 2. The van der Waals surface area contributed by atoms with Crippen molar-refractivity contribution in [2.24, 2.45) is 0 Å². The Hall–Kier alpha value is -1.59. The first-order valence-corrected chi connectivity index (χ1v) is 5.71. The van der Waals surface area contributed by atoms with Crippen molar-refractivity contribution >= 4 is 17.8 Å². The highest BCUT2D eigenvalue weighted by Crippen LogP contribution is 2.08. The van der Waals surface area contributed by atoms with Gasteiger partial charge in [-0.05, 0) is 27.7 Å². The second-order valence-corrected chi connectivity index (χ2v) is 5.00. The average molecular weight is 259 g/mol. The highest BCUT2D eigenvalue weighted by atomic mass is 16.6. The Kier molecular flexibility index (Phi) is 6.36. The van der Waals surface area contributed by atoms with Gasteiger partial charge in [0, 0.05) is 7.05 Å². The fourth-order valence-corrected chi connectivity index (χ4v) is 0.982. The van der Waals surface area contributed by atoms with Crippen molar-refractivity contribution in [1.82, 2.24) is 4.90 Å². The molecule has 0 unspecified atom stereocenters. The highest BCUT2D eigenvalue weighted by Gasteiger charge is 2.19. The predicted molar refractivity (Wildman–Crippen MR) is 65.1 cm³/mol. The molecule has 0 saturated heterocycles. The van der Waals surface area contributed by atoms with Crippen LogP contribution in [0.5, 0.6) is 0 Å². The second-order valence-electron chi connectivity index (χ2n) is 5.00. The van der Waals surface area contributed by atoms with Crippen LogP contribution in [0.25, 0.3) is 0 Å². The zero-order chi connectivity index (χ0) is 14.3. The van der Waals surface area contributed by atoms with Crippen molar-refractivity contribution in [1.29, 1.82) is 0 Å². The molecule has 0 bridgehead atoms. The maximum Gasteiger partial charge on any atom is 0.410 e. The largest absolute Gasteiger partial charge is 0.463 e. The minimum Gasteiger partial charge on any atom is -0.463 e. The highest BCUT2D eigenvalue weighted by molar-refractivity contribution is 5.94. The van der Waals surface area contributed by atoms with Gasteiger partial charge in [-0.3, -0.25) is 9.59 Å². The Bertz CT molecular complexity index is 319. The number of nitrogens with zero attached hydrogens (tertiary/aromatic N) is 1. The molecule has 0 aliphatic heterocycles. The van der Waals surface area contributed by atoms with Gasteiger partial charge in [-0.1, -0.05) is 0 Å². The summed E-state index contributed by atoms with van der Waals surface area (Å²) in [5, 5.41) is 0. The predicted octanol–water partition coefficient (Wildman–Crippen LogP) is 1.38. The molecule has 0 aromatic rings. The van der Waals surface area contributed by atoms with Crippen molar-refractivity contribution in [2.75, 3.05) is 20.2 Å². The molecule has 0 aromatic heterocycles. The zero-order valence-electron chi connectivity index (χ0n) is 11.6. The molecule has 0 aliphatic carbocycles. The van der Waals surface area contributed by atoms with E-state index in [1.807, 2.05) is 0 Å². The third kappa shape index (κ3) is 8.55. The number of ketones is 1.